The first-order valence-corrected chi connectivity index (χ1v) is 3.15. The molecule has 64 valence electrons. The maximum Gasteiger partial charge on any atom is 0.315 e. The fourth-order valence-corrected chi connectivity index (χ4v) is 0.388. The molecule has 0 heterocycles. The maximum absolute atomic E-state index is 11.5. The fourth-order valence-electron chi connectivity index (χ4n) is 0.388. The van der Waals surface area contributed by atoms with Crippen LogP contribution in [0.4, 0.5) is 8.78 Å². The van der Waals surface area contributed by atoms with Gasteiger partial charge in [0.1, 0.15) is 0 Å². The van der Waals surface area contributed by atoms with Gasteiger partial charge in [-0.25, -0.2) is 0 Å². The van der Waals surface area contributed by atoms with Crippen molar-refractivity contribution in [3.05, 3.63) is 0 Å². The Balaban J connectivity index is 3.54. The van der Waals surface area contributed by atoms with E-state index in [-0.39, 0.29) is 18.7 Å². The normalized spacial score (nSPS) is 9.82. The lowest BCUT2D eigenvalue weighted by Gasteiger charge is -2.00. The van der Waals surface area contributed by atoms with E-state index < -0.39 is 12.3 Å². The third-order valence-corrected chi connectivity index (χ3v) is 1.05. The van der Waals surface area contributed by atoms with E-state index in [0.29, 0.717) is 0 Å². The summed E-state index contributed by atoms with van der Waals surface area (Å²) >= 11 is 0. The van der Waals surface area contributed by atoms with Crippen molar-refractivity contribution in [3.63, 3.8) is 0 Å². The topological polar surface area (TPSA) is 46.2 Å². The smallest absolute Gasteiger partial charge is 0.315 e. The molecular weight excluding hydrogens is 156 g/mol. The minimum absolute atomic E-state index is 0.240. The molecule has 0 aromatic carbocycles. The highest BCUT2D eigenvalue weighted by Crippen LogP contribution is 1.90. The van der Waals surface area contributed by atoms with Gasteiger partial charge in [0.2, 0.25) is 0 Å². The zero-order valence-electron chi connectivity index (χ0n) is 6.06. The summed E-state index contributed by atoms with van der Waals surface area (Å²) in [5, 5.41) is 1.79. The molecule has 0 rings (SSSR count). The van der Waals surface area contributed by atoms with E-state index >= 15 is 0 Å². The van der Waals surface area contributed by atoms with Crippen molar-refractivity contribution >= 4 is 11.7 Å². The summed E-state index contributed by atoms with van der Waals surface area (Å²) in [7, 11) is 0. The highest BCUT2D eigenvalue weighted by atomic mass is 19.3. The number of carbonyl (C=O) groups is 2. The van der Waals surface area contributed by atoms with Gasteiger partial charge in [-0.15, -0.1) is 0 Å². The van der Waals surface area contributed by atoms with Crippen molar-refractivity contribution in [3.8, 4) is 0 Å². The highest BCUT2D eigenvalue weighted by molar-refractivity contribution is 5.86. The second kappa shape index (κ2) is 4.76. The molecule has 0 atom stereocenters. The molecule has 3 nitrogen and oxygen atoms in total. The lowest BCUT2D eigenvalue weighted by Crippen LogP contribution is -2.33. The highest BCUT2D eigenvalue weighted by Gasteiger charge is 2.14. The van der Waals surface area contributed by atoms with Crippen LogP contribution in [0.5, 0.6) is 0 Å². The van der Waals surface area contributed by atoms with Gasteiger partial charge in [-0.1, -0.05) is 6.92 Å². The zero-order valence-corrected chi connectivity index (χ0v) is 6.06. The van der Waals surface area contributed by atoms with Gasteiger partial charge in [-0.05, 0) is 0 Å². The molecule has 0 unspecified atom stereocenters. The molecule has 5 heteroatoms. The van der Waals surface area contributed by atoms with Crippen molar-refractivity contribution in [2.75, 3.05) is 6.54 Å². The minimum atomic E-state index is -3.04. The third kappa shape index (κ3) is 4.41. The summed E-state index contributed by atoms with van der Waals surface area (Å²) in [6.45, 7) is 1.29. The average Bonchev–Trinajstić information content (AvgIpc) is 1.99. The van der Waals surface area contributed by atoms with Crippen LogP contribution in [0.2, 0.25) is 0 Å². The number of nitrogens with one attached hydrogen (secondary N) is 1. The SMILES string of the molecule is CCC(=O)CNC(=O)C(F)F. The Morgan fingerprint density at radius 3 is 2.36 bits per heavy atom. The van der Waals surface area contributed by atoms with E-state index in [2.05, 4.69) is 0 Å². The van der Waals surface area contributed by atoms with Crippen molar-refractivity contribution in [1.29, 1.82) is 0 Å². The van der Waals surface area contributed by atoms with Gasteiger partial charge in [-0.2, -0.15) is 8.78 Å². The first kappa shape index (κ1) is 10.0. The number of carbonyl (C=O) groups excluding carboxylic acids is 2. The van der Waals surface area contributed by atoms with Gasteiger partial charge >= 0.3 is 6.43 Å². The molecule has 0 spiro atoms. The van der Waals surface area contributed by atoms with E-state index in [4.69, 9.17) is 0 Å². The first-order valence-electron chi connectivity index (χ1n) is 3.15. The standard InChI is InChI=1S/C6H9F2NO2/c1-2-4(10)3-9-6(11)5(7)8/h5H,2-3H2,1H3,(H,9,11). The number of Topliss-reactive ketones (excluding diaryl/α,β-unsaturated/α-hetero) is 1. The predicted octanol–water partition coefficient (Wildman–Crippen LogP) is 0.347. The van der Waals surface area contributed by atoms with E-state index in [9.17, 15) is 18.4 Å². The number of rotatable bonds is 4. The molecule has 0 aromatic heterocycles. The molecular formula is C6H9F2NO2. The molecule has 1 N–H and O–H groups in total. The number of hydrogen-bond donors (Lipinski definition) is 1. The van der Waals surface area contributed by atoms with Gasteiger partial charge in [0.15, 0.2) is 5.78 Å². The fraction of sp³-hybridized carbons (Fsp3) is 0.667. The Hall–Kier alpha value is -1.00. The lowest BCUT2D eigenvalue weighted by molar-refractivity contribution is -0.133. The molecule has 0 saturated heterocycles. The van der Waals surface area contributed by atoms with Crippen LogP contribution in [0, 0.1) is 0 Å². The number of halogens is 2. The summed E-state index contributed by atoms with van der Waals surface area (Å²) < 4.78 is 22.9. The van der Waals surface area contributed by atoms with Gasteiger partial charge in [-0.3, -0.25) is 9.59 Å². The molecule has 0 bridgehead atoms. The number of amides is 1. The molecule has 1 amide bonds. The average molecular weight is 165 g/mol. The van der Waals surface area contributed by atoms with Crippen molar-refractivity contribution in [2.24, 2.45) is 0 Å². The quantitative estimate of drug-likeness (QED) is 0.653. The molecule has 0 aliphatic rings. The summed E-state index contributed by atoms with van der Waals surface area (Å²) in [6.07, 6.45) is -2.80. The summed E-state index contributed by atoms with van der Waals surface area (Å²) in [6, 6.07) is 0. The van der Waals surface area contributed by atoms with Crippen LogP contribution in [-0.4, -0.2) is 24.7 Å². The molecule has 0 saturated carbocycles. The minimum Gasteiger partial charge on any atom is -0.344 e. The maximum atomic E-state index is 11.5. The Labute approximate surface area is 62.8 Å². The third-order valence-electron chi connectivity index (χ3n) is 1.05. The zero-order chi connectivity index (χ0) is 8.85. The monoisotopic (exact) mass is 165 g/mol. The lowest BCUT2D eigenvalue weighted by atomic mass is 10.3. The van der Waals surface area contributed by atoms with E-state index in [1.807, 2.05) is 0 Å². The van der Waals surface area contributed by atoms with E-state index in [1.54, 1.807) is 12.2 Å². The summed E-state index contributed by atoms with van der Waals surface area (Å²) in [4.78, 5) is 20.6. The van der Waals surface area contributed by atoms with Crippen LogP contribution in [0.25, 0.3) is 0 Å². The Bertz CT molecular complexity index is 159. The van der Waals surface area contributed by atoms with Crippen molar-refractivity contribution < 1.29 is 18.4 Å². The molecule has 0 radical (unpaired) electrons. The van der Waals surface area contributed by atoms with Crippen LogP contribution in [0.3, 0.4) is 0 Å². The van der Waals surface area contributed by atoms with Crippen LogP contribution in [-0.2, 0) is 9.59 Å². The van der Waals surface area contributed by atoms with Crippen LogP contribution < -0.4 is 5.32 Å². The molecule has 0 aliphatic carbocycles. The largest absolute Gasteiger partial charge is 0.344 e. The van der Waals surface area contributed by atoms with Gasteiger partial charge in [0.05, 0.1) is 6.54 Å². The Kier molecular flexibility index (Phi) is 4.33. The molecule has 0 aliphatic heterocycles. The molecule has 11 heavy (non-hydrogen) atoms. The molecule has 0 fully saturated rings. The second-order valence-electron chi connectivity index (χ2n) is 1.91. The van der Waals surface area contributed by atoms with Crippen LogP contribution >= 0.6 is 0 Å². The Morgan fingerprint density at radius 2 is 2.00 bits per heavy atom. The number of alkyl halides is 2. The summed E-state index contributed by atoms with van der Waals surface area (Å²) in [5.74, 6) is -1.66. The number of ketones is 1. The van der Waals surface area contributed by atoms with Crippen molar-refractivity contribution in [2.45, 2.75) is 19.8 Å². The second-order valence-corrected chi connectivity index (χ2v) is 1.91. The van der Waals surface area contributed by atoms with E-state index in [0.717, 1.165) is 0 Å². The predicted molar refractivity (Wildman–Crippen MR) is 34.3 cm³/mol. The first-order chi connectivity index (χ1) is 5.07. The van der Waals surface area contributed by atoms with Gasteiger partial charge in [0, 0.05) is 6.42 Å². The summed E-state index contributed by atoms with van der Waals surface area (Å²) in [5.41, 5.74) is 0. The van der Waals surface area contributed by atoms with Crippen LogP contribution in [0.1, 0.15) is 13.3 Å². The molecule has 0 aromatic rings. The van der Waals surface area contributed by atoms with E-state index in [1.165, 1.54) is 0 Å². The van der Waals surface area contributed by atoms with Crippen LogP contribution in [0.15, 0.2) is 0 Å². The van der Waals surface area contributed by atoms with Gasteiger partial charge in [0.25, 0.3) is 5.91 Å². The van der Waals surface area contributed by atoms with Crippen molar-refractivity contribution in [1.82, 2.24) is 5.32 Å². The van der Waals surface area contributed by atoms with Gasteiger partial charge < -0.3 is 5.32 Å². The number of hydrogen-bond acceptors (Lipinski definition) is 2. The Morgan fingerprint density at radius 1 is 1.45 bits per heavy atom.